The minimum absolute atomic E-state index is 0. The number of nitrogens with zero attached hydrogens (tertiary/aromatic N) is 1. The lowest BCUT2D eigenvalue weighted by molar-refractivity contribution is 0.0782. The first kappa shape index (κ1) is 22.6. The van der Waals surface area contributed by atoms with Gasteiger partial charge < -0.3 is 15.4 Å². The van der Waals surface area contributed by atoms with Gasteiger partial charge in [0.2, 0.25) is 0 Å². The highest BCUT2D eigenvalue weighted by Crippen LogP contribution is 2.34. The fraction of sp³-hybridized carbons (Fsp3) is 0.632. The summed E-state index contributed by atoms with van der Waals surface area (Å²) in [6, 6.07) is 8.72. The molecule has 2 rings (SSSR count). The normalized spacial score (nSPS) is 18.2. The van der Waals surface area contributed by atoms with Gasteiger partial charge in [-0.2, -0.15) is 11.8 Å². The third kappa shape index (κ3) is 6.64. The Morgan fingerprint density at radius 2 is 2.00 bits per heavy atom. The molecule has 1 aliphatic rings. The van der Waals surface area contributed by atoms with Crippen molar-refractivity contribution in [2.24, 2.45) is 4.99 Å². The molecule has 0 radical (unpaired) electrons. The first-order valence-corrected chi connectivity index (χ1v) is 9.83. The van der Waals surface area contributed by atoms with Gasteiger partial charge in [-0.15, -0.1) is 24.0 Å². The van der Waals surface area contributed by atoms with Crippen LogP contribution in [-0.2, 0) is 4.74 Å². The number of benzene rings is 1. The van der Waals surface area contributed by atoms with Gasteiger partial charge in [-0.3, -0.25) is 4.99 Å². The summed E-state index contributed by atoms with van der Waals surface area (Å²) in [6.07, 6.45) is 2.20. The predicted molar refractivity (Wildman–Crippen MR) is 120 cm³/mol. The summed E-state index contributed by atoms with van der Waals surface area (Å²) >= 11 is 2.04. The molecule has 1 aromatic rings. The smallest absolute Gasteiger partial charge is 0.191 e. The zero-order valence-electron chi connectivity index (χ0n) is 15.8. The first-order chi connectivity index (χ1) is 11.6. The summed E-state index contributed by atoms with van der Waals surface area (Å²) in [5, 5.41) is 7.07. The van der Waals surface area contributed by atoms with Crippen molar-refractivity contribution in [1.29, 1.82) is 0 Å². The number of aliphatic imine (C=N–C) groups is 1. The molecule has 4 nitrogen and oxygen atoms in total. The number of ether oxygens (including phenoxy) is 1. The number of rotatable bonds is 6. The van der Waals surface area contributed by atoms with Crippen molar-refractivity contribution < 1.29 is 4.74 Å². The molecule has 1 fully saturated rings. The quantitative estimate of drug-likeness (QED) is 0.367. The maximum absolute atomic E-state index is 5.55. The van der Waals surface area contributed by atoms with Crippen LogP contribution in [0.4, 0.5) is 0 Å². The van der Waals surface area contributed by atoms with Crippen LogP contribution in [0.5, 0.6) is 0 Å². The van der Waals surface area contributed by atoms with E-state index in [2.05, 4.69) is 60.7 Å². The molecule has 1 aromatic carbocycles. The van der Waals surface area contributed by atoms with Gasteiger partial charge >= 0.3 is 0 Å². The molecule has 1 heterocycles. The van der Waals surface area contributed by atoms with E-state index in [9.17, 15) is 0 Å². The predicted octanol–water partition coefficient (Wildman–Crippen LogP) is 4.14. The van der Waals surface area contributed by atoms with Gasteiger partial charge in [0, 0.05) is 31.6 Å². The standard InChI is InChI=1S/C19H31N3OS.HI/c1-5-24-19(10-12-23-13-11-19)14-21-18(20-4)22-16(3)17-9-7-6-8-15(17)2;/h6-9,16H,5,10-14H2,1-4H3,(H2,20,21,22);1H. The summed E-state index contributed by atoms with van der Waals surface area (Å²) in [4.78, 5) is 4.41. The molecule has 0 aliphatic carbocycles. The van der Waals surface area contributed by atoms with Crippen LogP contribution < -0.4 is 10.6 Å². The molecule has 1 unspecified atom stereocenters. The maximum Gasteiger partial charge on any atom is 0.191 e. The van der Waals surface area contributed by atoms with E-state index >= 15 is 0 Å². The number of hydrogen-bond donors (Lipinski definition) is 2. The Kier molecular flexibility index (Phi) is 10.2. The average molecular weight is 477 g/mol. The molecule has 0 bridgehead atoms. The minimum atomic E-state index is 0. The van der Waals surface area contributed by atoms with E-state index in [1.54, 1.807) is 0 Å². The Balaban J connectivity index is 0.00000312. The second-order valence-electron chi connectivity index (χ2n) is 6.38. The third-order valence-electron chi connectivity index (χ3n) is 4.66. The van der Waals surface area contributed by atoms with Gasteiger partial charge in [-0.05, 0) is 43.6 Å². The van der Waals surface area contributed by atoms with Gasteiger partial charge in [0.15, 0.2) is 5.96 Å². The van der Waals surface area contributed by atoms with Crippen LogP contribution in [0.2, 0.25) is 0 Å². The topological polar surface area (TPSA) is 45.7 Å². The molecule has 1 saturated heterocycles. The molecule has 0 spiro atoms. The number of nitrogens with one attached hydrogen (secondary N) is 2. The van der Waals surface area contributed by atoms with Gasteiger partial charge in [0.25, 0.3) is 0 Å². The average Bonchev–Trinajstić information content (AvgIpc) is 2.60. The number of guanidine groups is 1. The van der Waals surface area contributed by atoms with Crippen LogP contribution in [0.25, 0.3) is 0 Å². The molecule has 0 amide bonds. The largest absolute Gasteiger partial charge is 0.381 e. The molecular weight excluding hydrogens is 445 g/mol. The van der Waals surface area contributed by atoms with E-state index in [-0.39, 0.29) is 34.8 Å². The van der Waals surface area contributed by atoms with Crippen LogP contribution in [-0.4, -0.2) is 43.3 Å². The highest BCUT2D eigenvalue weighted by atomic mass is 127. The summed E-state index contributed by atoms with van der Waals surface area (Å²) < 4.78 is 5.81. The molecule has 0 saturated carbocycles. The van der Waals surface area contributed by atoms with Crippen LogP contribution in [0.15, 0.2) is 29.3 Å². The number of halogens is 1. The molecule has 2 N–H and O–H groups in total. The van der Waals surface area contributed by atoms with Crippen LogP contribution in [0.1, 0.15) is 43.9 Å². The van der Waals surface area contributed by atoms with Crippen molar-refractivity contribution in [3.63, 3.8) is 0 Å². The molecule has 1 aliphatic heterocycles. The maximum atomic E-state index is 5.55. The van der Waals surface area contributed by atoms with Gasteiger partial charge in [0.1, 0.15) is 0 Å². The third-order valence-corrected chi connectivity index (χ3v) is 6.12. The Bertz CT molecular complexity index is 542. The summed E-state index contributed by atoms with van der Waals surface area (Å²) in [5.74, 6) is 2.00. The molecule has 1 atom stereocenters. The van der Waals surface area contributed by atoms with Crippen molar-refractivity contribution in [3.8, 4) is 0 Å². The lowest BCUT2D eigenvalue weighted by atomic mass is 9.99. The van der Waals surface area contributed by atoms with E-state index < -0.39 is 0 Å². The van der Waals surface area contributed by atoms with Crippen molar-refractivity contribution in [2.75, 3.05) is 32.6 Å². The zero-order chi connectivity index (χ0) is 17.4. The van der Waals surface area contributed by atoms with Crippen LogP contribution in [0, 0.1) is 6.92 Å². The summed E-state index contributed by atoms with van der Waals surface area (Å²) in [5.41, 5.74) is 2.61. The minimum Gasteiger partial charge on any atom is -0.381 e. The fourth-order valence-electron chi connectivity index (χ4n) is 3.22. The Labute approximate surface area is 174 Å². The number of thioether (sulfide) groups is 1. The molecule has 142 valence electrons. The van der Waals surface area contributed by atoms with Gasteiger partial charge in [0.05, 0.1) is 6.04 Å². The fourth-order valence-corrected chi connectivity index (χ4v) is 4.46. The van der Waals surface area contributed by atoms with Crippen molar-refractivity contribution in [1.82, 2.24) is 10.6 Å². The van der Waals surface area contributed by atoms with E-state index in [1.165, 1.54) is 11.1 Å². The number of aryl methyl sites for hydroxylation is 1. The van der Waals surface area contributed by atoms with Gasteiger partial charge in [-0.25, -0.2) is 0 Å². The van der Waals surface area contributed by atoms with Crippen molar-refractivity contribution >= 4 is 41.7 Å². The molecular formula is C19H32IN3OS. The summed E-state index contributed by atoms with van der Waals surface area (Å²) in [6.45, 7) is 9.21. The van der Waals surface area contributed by atoms with E-state index in [0.717, 1.165) is 44.3 Å². The highest BCUT2D eigenvalue weighted by molar-refractivity contribution is 14.0. The second-order valence-corrected chi connectivity index (χ2v) is 8.11. The second kappa shape index (κ2) is 11.3. The van der Waals surface area contributed by atoms with Crippen molar-refractivity contribution in [2.45, 2.75) is 44.4 Å². The molecule has 25 heavy (non-hydrogen) atoms. The molecule has 0 aromatic heterocycles. The van der Waals surface area contributed by atoms with E-state index in [0.29, 0.717) is 0 Å². The zero-order valence-corrected chi connectivity index (χ0v) is 18.9. The lowest BCUT2D eigenvalue weighted by Gasteiger charge is -2.37. The van der Waals surface area contributed by atoms with Crippen LogP contribution >= 0.6 is 35.7 Å². The lowest BCUT2D eigenvalue weighted by Crippen LogP contribution is -2.48. The van der Waals surface area contributed by atoms with Crippen molar-refractivity contribution in [3.05, 3.63) is 35.4 Å². The Morgan fingerprint density at radius 3 is 2.60 bits per heavy atom. The highest BCUT2D eigenvalue weighted by Gasteiger charge is 2.32. The number of hydrogen-bond acceptors (Lipinski definition) is 3. The van der Waals surface area contributed by atoms with E-state index in [4.69, 9.17) is 4.74 Å². The van der Waals surface area contributed by atoms with Crippen LogP contribution in [0.3, 0.4) is 0 Å². The Morgan fingerprint density at radius 1 is 1.32 bits per heavy atom. The SMILES string of the molecule is CCSC1(CNC(=NC)NC(C)c2ccccc2C)CCOCC1.I. The first-order valence-electron chi connectivity index (χ1n) is 8.84. The Hall–Kier alpha value is -0.470. The molecule has 6 heteroatoms. The monoisotopic (exact) mass is 477 g/mol. The van der Waals surface area contributed by atoms with Gasteiger partial charge in [-0.1, -0.05) is 31.2 Å². The van der Waals surface area contributed by atoms with E-state index in [1.807, 2.05) is 18.8 Å². The summed E-state index contributed by atoms with van der Waals surface area (Å²) in [7, 11) is 1.84.